The van der Waals surface area contributed by atoms with Crippen molar-refractivity contribution in [2.45, 2.75) is 12.5 Å². The molecule has 156 valence electrons. The maximum absolute atomic E-state index is 12.7. The molecule has 0 spiro atoms. The average Bonchev–Trinajstić information content (AvgIpc) is 3.06. The van der Waals surface area contributed by atoms with E-state index in [1.54, 1.807) is 30.3 Å². The molecule has 1 saturated heterocycles. The second-order valence-electron chi connectivity index (χ2n) is 6.80. The summed E-state index contributed by atoms with van der Waals surface area (Å²) in [7, 11) is -3.18. The Balaban J connectivity index is 1.80. The first-order chi connectivity index (χ1) is 14.2. The highest BCUT2D eigenvalue weighted by Gasteiger charge is 2.30. The van der Waals surface area contributed by atoms with E-state index < -0.39 is 32.6 Å². The Morgan fingerprint density at radius 3 is 2.30 bits per heavy atom. The molecule has 30 heavy (non-hydrogen) atoms. The second-order valence-corrected chi connectivity index (χ2v) is 9.03. The molecule has 1 aliphatic rings. The first kappa shape index (κ1) is 21.2. The third-order valence-corrected chi connectivity index (χ3v) is 6.28. The highest BCUT2D eigenvalue weighted by Crippen LogP contribution is 2.14. The summed E-state index contributed by atoms with van der Waals surface area (Å²) in [5.41, 5.74) is 0.571. The van der Waals surface area contributed by atoms with Crippen LogP contribution in [0.25, 0.3) is 6.08 Å². The largest absolute Gasteiger partial charge is 0.347 e. The van der Waals surface area contributed by atoms with E-state index >= 15 is 0 Å². The molecule has 2 aromatic carbocycles. The summed E-state index contributed by atoms with van der Waals surface area (Å²) >= 11 is 0. The van der Waals surface area contributed by atoms with Gasteiger partial charge >= 0.3 is 0 Å². The van der Waals surface area contributed by atoms with E-state index in [9.17, 15) is 28.1 Å². The number of non-ortho nitro benzene ring substituents is 1. The van der Waals surface area contributed by atoms with Gasteiger partial charge in [-0.2, -0.15) is 0 Å². The third kappa shape index (κ3) is 5.51. The quantitative estimate of drug-likeness (QED) is 0.407. The Hall–Kier alpha value is -3.53. The van der Waals surface area contributed by atoms with Crippen LogP contribution in [0.3, 0.4) is 0 Å². The molecule has 0 bridgehead atoms. The molecule has 2 amide bonds. The van der Waals surface area contributed by atoms with Crippen molar-refractivity contribution in [3.63, 3.8) is 0 Å². The number of hydrogen-bond donors (Lipinski definition) is 2. The van der Waals surface area contributed by atoms with E-state index in [1.807, 2.05) is 0 Å². The molecule has 0 aliphatic carbocycles. The van der Waals surface area contributed by atoms with Crippen LogP contribution in [0.5, 0.6) is 0 Å². The Kier molecular flexibility index (Phi) is 6.26. The van der Waals surface area contributed by atoms with Gasteiger partial charge < -0.3 is 10.6 Å². The van der Waals surface area contributed by atoms with Crippen molar-refractivity contribution in [3.8, 4) is 0 Å². The minimum atomic E-state index is -3.18. The molecule has 2 aromatic rings. The normalized spacial score (nSPS) is 17.9. The van der Waals surface area contributed by atoms with Gasteiger partial charge in [-0.1, -0.05) is 30.3 Å². The Bertz CT molecular complexity index is 1100. The SMILES string of the molecule is O=C(NC1CCS(=O)(=O)C1)/C(=C/c1ccccc1)NC(=O)c1ccc([N+](=O)[O-])cc1. The van der Waals surface area contributed by atoms with Gasteiger partial charge in [0.05, 0.1) is 16.4 Å². The second kappa shape index (κ2) is 8.87. The number of benzene rings is 2. The predicted molar refractivity (Wildman–Crippen MR) is 110 cm³/mol. The molecule has 1 fully saturated rings. The van der Waals surface area contributed by atoms with Crippen molar-refractivity contribution in [1.82, 2.24) is 10.6 Å². The number of carbonyl (C=O) groups is 2. The number of carbonyl (C=O) groups excluding carboxylic acids is 2. The Morgan fingerprint density at radius 1 is 1.07 bits per heavy atom. The van der Waals surface area contributed by atoms with Gasteiger partial charge in [0.25, 0.3) is 17.5 Å². The zero-order valence-electron chi connectivity index (χ0n) is 15.8. The maximum Gasteiger partial charge on any atom is 0.269 e. The van der Waals surface area contributed by atoms with Crippen molar-refractivity contribution in [2.24, 2.45) is 0 Å². The summed E-state index contributed by atoms with van der Waals surface area (Å²) in [5, 5.41) is 15.9. The van der Waals surface area contributed by atoms with Gasteiger partial charge in [-0.05, 0) is 30.2 Å². The summed E-state index contributed by atoms with van der Waals surface area (Å²) in [4.78, 5) is 35.5. The van der Waals surface area contributed by atoms with Gasteiger partial charge in [0.15, 0.2) is 9.84 Å². The molecule has 2 N–H and O–H groups in total. The molecule has 0 aromatic heterocycles. The molecule has 0 radical (unpaired) electrons. The molecule has 3 rings (SSSR count). The summed E-state index contributed by atoms with van der Waals surface area (Å²) in [6.45, 7) is 0. The molecule has 1 atom stereocenters. The lowest BCUT2D eigenvalue weighted by Gasteiger charge is -2.14. The molecular weight excluding hydrogens is 410 g/mol. The lowest BCUT2D eigenvalue weighted by Crippen LogP contribution is -2.41. The first-order valence-electron chi connectivity index (χ1n) is 9.07. The van der Waals surface area contributed by atoms with Crippen LogP contribution >= 0.6 is 0 Å². The maximum atomic E-state index is 12.7. The van der Waals surface area contributed by atoms with Crippen LogP contribution in [0.1, 0.15) is 22.3 Å². The minimum Gasteiger partial charge on any atom is -0.347 e. The van der Waals surface area contributed by atoms with Crippen LogP contribution in [0.15, 0.2) is 60.3 Å². The molecule has 1 aliphatic heterocycles. The number of nitro groups is 1. The summed E-state index contributed by atoms with van der Waals surface area (Å²) in [6, 6.07) is 13.2. The van der Waals surface area contributed by atoms with Gasteiger partial charge in [-0.15, -0.1) is 0 Å². The topological polar surface area (TPSA) is 135 Å². The van der Waals surface area contributed by atoms with Crippen LogP contribution in [-0.2, 0) is 14.6 Å². The average molecular weight is 429 g/mol. The van der Waals surface area contributed by atoms with Crippen LogP contribution in [0.4, 0.5) is 5.69 Å². The van der Waals surface area contributed by atoms with E-state index in [4.69, 9.17) is 0 Å². The standard InChI is InChI=1S/C20H19N3O6S/c24-19(15-6-8-17(9-7-15)23(26)27)22-18(12-14-4-2-1-3-5-14)20(25)21-16-10-11-30(28,29)13-16/h1-9,12,16H,10-11,13H2,(H,21,25)(H,22,24)/b18-12-. The predicted octanol–water partition coefficient (Wildman–Crippen LogP) is 1.67. The molecule has 10 heteroatoms. The minimum absolute atomic E-state index is 0.00480. The van der Waals surface area contributed by atoms with Gasteiger partial charge in [0, 0.05) is 23.7 Å². The number of nitro benzene ring substituents is 1. The van der Waals surface area contributed by atoms with Crippen LogP contribution in [-0.4, -0.2) is 42.7 Å². The van der Waals surface area contributed by atoms with Crippen molar-refractivity contribution in [2.75, 3.05) is 11.5 Å². The van der Waals surface area contributed by atoms with Crippen molar-refractivity contribution < 1.29 is 22.9 Å². The van der Waals surface area contributed by atoms with Crippen molar-refractivity contribution in [3.05, 3.63) is 81.5 Å². The smallest absolute Gasteiger partial charge is 0.269 e. The molecule has 9 nitrogen and oxygen atoms in total. The zero-order valence-corrected chi connectivity index (χ0v) is 16.6. The zero-order chi connectivity index (χ0) is 21.7. The van der Waals surface area contributed by atoms with E-state index in [-0.39, 0.29) is 28.5 Å². The van der Waals surface area contributed by atoms with Crippen molar-refractivity contribution in [1.29, 1.82) is 0 Å². The van der Waals surface area contributed by atoms with E-state index in [2.05, 4.69) is 10.6 Å². The molecular formula is C20H19N3O6S. The molecule has 0 saturated carbocycles. The molecule has 1 unspecified atom stereocenters. The van der Waals surface area contributed by atoms with E-state index in [0.717, 1.165) is 0 Å². The lowest BCUT2D eigenvalue weighted by molar-refractivity contribution is -0.384. The van der Waals surface area contributed by atoms with Gasteiger partial charge in [-0.3, -0.25) is 19.7 Å². The Morgan fingerprint density at radius 2 is 1.73 bits per heavy atom. The number of amides is 2. The fraction of sp³-hybridized carbons (Fsp3) is 0.200. The number of hydrogen-bond acceptors (Lipinski definition) is 6. The van der Waals surface area contributed by atoms with Gasteiger partial charge in [0.2, 0.25) is 0 Å². The summed E-state index contributed by atoms with van der Waals surface area (Å²) in [5.74, 6) is -1.38. The molecule has 1 heterocycles. The van der Waals surface area contributed by atoms with Gasteiger partial charge in [0.1, 0.15) is 5.70 Å². The number of nitrogens with one attached hydrogen (secondary N) is 2. The third-order valence-electron chi connectivity index (χ3n) is 4.51. The summed E-state index contributed by atoms with van der Waals surface area (Å²) < 4.78 is 23.3. The van der Waals surface area contributed by atoms with E-state index in [1.165, 1.54) is 30.3 Å². The highest BCUT2D eigenvalue weighted by molar-refractivity contribution is 7.91. The number of sulfone groups is 1. The summed E-state index contributed by atoms with van der Waals surface area (Å²) in [6.07, 6.45) is 1.78. The van der Waals surface area contributed by atoms with Gasteiger partial charge in [-0.25, -0.2) is 8.42 Å². The monoisotopic (exact) mass is 429 g/mol. The fourth-order valence-electron chi connectivity index (χ4n) is 2.98. The number of rotatable bonds is 6. The fourth-order valence-corrected chi connectivity index (χ4v) is 4.65. The van der Waals surface area contributed by atoms with Crippen LogP contribution in [0.2, 0.25) is 0 Å². The Labute approximate surface area is 172 Å². The number of nitrogens with zero attached hydrogens (tertiary/aromatic N) is 1. The lowest BCUT2D eigenvalue weighted by atomic mass is 10.1. The first-order valence-corrected chi connectivity index (χ1v) is 10.9. The van der Waals surface area contributed by atoms with Crippen LogP contribution in [0, 0.1) is 10.1 Å². The highest BCUT2D eigenvalue weighted by atomic mass is 32.2. The van der Waals surface area contributed by atoms with Crippen molar-refractivity contribution >= 4 is 33.4 Å². The van der Waals surface area contributed by atoms with Crippen LogP contribution < -0.4 is 10.6 Å². The van der Waals surface area contributed by atoms with E-state index in [0.29, 0.717) is 12.0 Å².